The number of aromatic nitrogens is 1. The van der Waals surface area contributed by atoms with E-state index in [2.05, 4.69) is 4.98 Å². The number of carbonyl (C=O) groups is 1. The fraction of sp³-hybridized carbons (Fsp3) is 0.647. The lowest BCUT2D eigenvalue weighted by atomic mass is 10.2. The number of aliphatic hydroxyl groups is 1. The number of ether oxygens (including phenoxy) is 1. The van der Waals surface area contributed by atoms with Gasteiger partial charge in [0, 0.05) is 36.3 Å². The van der Waals surface area contributed by atoms with Crippen LogP contribution in [0.1, 0.15) is 26.5 Å². The van der Waals surface area contributed by atoms with E-state index in [0.717, 1.165) is 24.6 Å². The fourth-order valence-corrected chi connectivity index (χ4v) is 3.42. The summed E-state index contributed by atoms with van der Waals surface area (Å²) in [5.41, 5.74) is -0.140. The van der Waals surface area contributed by atoms with Gasteiger partial charge in [-0.1, -0.05) is 0 Å². The molecule has 0 aliphatic carbocycles. The summed E-state index contributed by atoms with van der Waals surface area (Å²) in [5.74, 6) is 1.59. The summed E-state index contributed by atoms with van der Waals surface area (Å²) >= 11 is 1.79. The van der Waals surface area contributed by atoms with E-state index in [1.54, 1.807) is 38.6 Å². The van der Waals surface area contributed by atoms with Crippen LogP contribution in [0, 0.1) is 0 Å². The van der Waals surface area contributed by atoms with Crippen LogP contribution in [0.4, 0.5) is 29.5 Å². The lowest BCUT2D eigenvalue weighted by Gasteiger charge is -2.31. The minimum atomic E-state index is -4.63. The van der Waals surface area contributed by atoms with Crippen molar-refractivity contribution >= 4 is 29.4 Å². The Morgan fingerprint density at radius 3 is 2.44 bits per heavy atom. The Labute approximate surface area is 160 Å². The first-order chi connectivity index (χ1) is 12.5. The van der Waals surface area contributed by atoms with Gasteiger partial charge in [-0.25, -0.2) is 9.78 Å². The van der Waals surface area contributed by atoms with Crippen molar-refractivity contribution in [1.82, 2.24) is 4.98 Å². The van der Waals surface area contributed by atoms with Gasteiger partial charge in [0.2, 0.25) is 0 Å². The highest BCUT2D eigenvalue weighted by Crippen LogP contribution is 2.28. The quantitative estimate of drug-likeness (QED) is 0.825. The maximum absolute atomic E-state index is 13.1. The lowest BCUT2D eigenvalue weighted by molar-refractivity contribution is -0.119. The molecule has 0 bridgehead atoms. The predicted octanol–water partition coefficient (Wildman–Crippen LogP) is 3.43. The zero-order valence-corrected chi connectivity index (χ0v) is 16.4. The number of rotatable bonds is 4. The van der Waals surface area contributed by atoms with E-state index in [1.807, 2.05) is 4.90 Å². The number of anilines is 2. The third-order valence-corrected chi connectivity index (χ3v) is 4.56. The lowest BCUT2D eigenvalue weighted by Crippen LogP contribution is -2.43. The highest BCUT2D eigenvalue weighted by molar-refractivity contribution is 7.99. The fourth-order valence-electron chi connectivity index (χ4n) is 2.52. The number of halogens is 3. The number of pyridine rings is 1. The molecule has 10 heteroatoms. The Kier molecular flexibility index (Phi) is 6.85. The second-order valence-electron chi connectivity index (χ2n) is 7.11. The van der Waals surface area contributed by atoms with Gasteiger partial charge < -0.3 is 14.7 Å². The van der Waals surface area contributed by atoms with Crippen LogP contribution in [-0.4, -0.2) is 59.1 Å². The van der Waals surface area contributed by atoms with E-state index in [0.29, 0.717) is 10.6 Å². The van der Waals surface area contributed by atoms with Gasteiger partial charge in [0.25, 0.3) is 0 Å². The molecule has 6 nitrogen and oxygen atoms in total. The molecule has 2 rings (SSSR count). The van der Waals surface area contributed by atoms with Crippen LogP contribution < -0.4 is 9.80 Å². The minimum Gasteiger partial charge on any atom is -0.443 e. The van der Waals surface area contributed by atoms with Crippen LogP contribution in [-0.2, 0) is 11.3 Å². The highest BCUT2D eigenvalue weighted by atomic mass is 32.2. The number of amides is 1. The smallest absolute Gasteiger partial charge is 0.416 e. The topological polar surface area (TPSA) is 65.9 Å². The molecule has 0 aromatic carbocycles. The average molecular weight is 407 g/mol. The van der Waals surface area contributed by atoms with Crippen molar-refractivity contribution in [3.8, 4) is 0 Å². The number of hydrogen-bond acceptors (Lipinski definition) is 6. The number of hydrogen-bond donors (Lipinski definition) is 1. The van der Waals surface area contributed by atoms with Crippen molar-refractivity contribution < 1.29 is 27.8 Å². The van der Waals surface area contributed by atoms with Crippen molar-refractivity contribution in [3.05, 3.63) is 17.8 Å². The second-order valence-corrected chi connectivity index (χ2v) is 8.34. The molecule has 0 saturated carbocycles. The van der Waals surface area contributed by atoms with E-state index in [4.69, 9.17) is 4.74 Å². The standard InChI is InChI=1S/C17H24F3N3O3S/c1-16(2,3)26-15(25)23(11-17(18,19)20)14-9-13(8-12(10-24)21-14)22-4-6-27-7-5-22/h8-9,24H,4-7,10-11H2,1-3H3. The van der Waals surface area contributed by atoms with Gasteiger partial charge in [0.1, 0.15) is 18.0 Å². The van der Waals surface area contributed by atoms with Crippen molar-refractivity contribution in [3.63, 3.8) is 0 Å². The molecule has 2 heterocycles. The molecule has 1 aliphatic heterocycles. The van der Waals surface area contributed by atoms with Gasteiger partial charge in [0.15, 0.2) is 0 Å². The van der Waals surface area contributed by atoms with Gasteiger partial charge >= 0.3 is 12.3 Å². The molecular weight excluding hydrogens is 383 g/mol. The van der Waals surface area contributed by atoms with Gasteiger partial charge in [-0.2, -0.15) is 24.9 Å². The van der Waals surface area contributed by atoms with Crippen LogP contribution in [0.5, 0.6) is 0 Å². The molecule has 27 heavy (non-hydrogen) atoms. The molecule has 152 valence electrons. The van der Waals surface area contributed by atoms with E-state index in [9.17, 15) is 23.1 Å². The van der Waals surface area contributed by atoms with E-state index < -0.39 is 31.0 Å². The SMILES string of the molecule is CC(C)(C)OC(=O)N(CC(F)(F)F)c1cc(N2CCSCC2)cc(CO)n1. The summed E-state index contributed by atoms with van der Waals surface area (Å²) in [6.07, 6.45) is -5.77. The van der Waals surface area contributed by atoms with Crippen LogP contribution in [0.25, 0.3) is 0 Å². The van der Waals surface area contributed by atoms with E-state index in [1.165, 1.54) is 6.07 Å². The summed E-state index contributed by atoms with van der Waals surface area (Å²) in [4.78, 5) is 18.9. The third kappa shape index (κ3) is 6.76. The van der Waals surface area contributed by atoms with Gasteiger partial charge in [-0.05, 0) is 26.8 Å². The minimum absolute atomic E-state index is 0.191. The molecule has 1 aliphatic rings. The van der Waals surface area contributed by atoms with Crippen LogP contribution in [0.2, 0.25) is 0 Å². The molecule has 0 atom stereocenters. The molecular formula is C17H24F3N3O3S. The van der Waals surface area contributed by atoms with E-state index >= 15 is 0 Å². The van der Waals surface area contributed by atoms with Crippen molar-refractivity contribution in [2.24, 2.45) is 0 Å². The van der Waals surface area contributed by atoms with Gasteiger partial charge in [-0.15, -0.1) is 0 Å². The zero-order chi connectivity index (χ0) is 20.2. The number of alkyl halides is 3. The van der Waals surface area contributed by atoms with Crippen molar-refractivity contribution in [2.45, 2.75) is 39.2 Å². The summed E-state index contributed by atoms with van der Waals surface area (Å²) in [6.45, 7) is 4.20. The Morgan fingerprint density at radius 2 is 1.93 bits per heavy atom. The summed E-state index contributed by atoms with van der Waals surface area (Å²) in [6, 6.07) is 3.06. The Balaban J connectivity index is 2.41. The van der Waals surface area contributed by atoms with Gasteiger partial charge in [-0.3, -0.25) is 4.90 Å². The van der Waals surface area contributed by atoms with E-state index in [-0.39, 0.29) is 11.5 Å². The number of aliphatic hydroxyl groups excluding tert-OH is 1. The van der Waals surface area contributed by atoms with Gasteiger partial charge in [0.05, 0.1) is 12.3 Å². The molecule has 1 aromatic rings. The summed E-state index contributed by atoms with van der Waals surface area (Å²) in [7, 11) is 0. The summed E-state index contributed by atoms with van der Waals surface area (Å²) in [5, 5.41) is 9.48. The normalized spacial score (nSPS) is 15.6. The Morgan fingerprint density at radius 1 is 1.30 bits per heavy atom. The maximum atomic E-state index is 13.1. The zero-order valence-electron chi connectivity index (χ0n) is 15.5. The first kappa shape index (κ1) is 21.6. The molecule has 1 N–H and O–H groups in total. The van der Waals surface area contributed by atoms with Crippen LogP contribution in [0.3, 0.4) is 0 Å². The maximum Gasteiger partial charge on any atom is 0.416 e. The third-order valence-electron chi connectivity index (χ3n) is 3.62. The molecule has 0 radical (unpaired) electrons. The largest absolute Gasteiger partial charge is 0.443 e. The Hall–Kier alpha value is -1.68. The second kappa shape index (κ2) is 8.55. The molecule has 0 unspecified atom stereocenters. The summed E-state index contributed by atoms with van der Waals surface area (Å²) < 4.78 is 44.4. The van der Waals surface area contributed by atoms with Crippen molar-refractivity contribution in [2.75, 3.05) is 40.9 Å². The molecule has 1 saturated heterocycles. The average Bonchev–Trinajstić information content (AvgIpc) is 2.57. The molecule has 1 aromatic heterocycles. The predicted molar refractivity (Wildman–Crippen MR) is 99.3 cm³/mol. The first-order valence-electron chi connectivity index (χ1n) is 8.50. The molecule has 1 amide bonds. The number of carbonyl (C=O) groups excluding carboxylic acids is 1. The van der Waals surface area contributed by atoms with Crippen molar-refractivity contribution in [1.29, 1.82) is 0 Å². The Bertz CT molecular complexity index is 659. The first-order valence-corrected chi connectivity index (χ1v) is 9.66. The number of thioether (sulfide) groups is 1. The van der Waals surface area contributed by atoms with Crippen LogP contribution >= 0.6 is 11.8 Å². The monoisotopic (exact) mass is 407 g/mol. The number of nitrogens with zero attached hydrogens (tertiary/aromatic N) is 3. The molecule has 1 fully saturated rings. The molecule has 0 spiro atoms. The van der Waals surface area contributed by atoms with Crippen LogP contribution in [0.15, 0.2) is 12.1 Å². The highest BCUT2D eigenvalue weighted by Gasteiger charge is 2.37.